The molecule has 1 amide bonds. The highest BCUT2D eigenvalue weighted by molar-refractivity contribution is 5.99. The molecule has 0 fully saturated rings. The van der Waals surface area contributed by atoms with E-state index in [1.807, 2.05) is 12.1 Å². The van der Waals surface area contributed by atoms with Gasteiger partial charge in [0.05, 0.1) is 36.7 Å². The molecule has 0 spiro atoms. The van der Waals surface area contributed by atoms with Crippen LogP contribution in [0.4, 0.5) is 23.0 Å². The van der Waals surface area contributed by atoms with Crippen LogP contribution in [0.25, 0.3) is 11.4 Å². The summed E-state index contributed by atoms with van der Waals surface area (Å²) in [6.45, 7) is 0. The molecule has 0 aliphatic rings. The number of anilines is 4. The van der Waals surface area contributed by atoms with E-state index < -0.39 is 11.9 Å². The minimum absolute atomic E-state index is 0.0699. The third-order valence-corrected chi connectivity index (χ3v) is 5.01. The number of para-hydroxylation sites is 1. The normalized spacial score (nSPS) is 10.4. The van der Waals surface area contributed by atoms with E-state index in [0.717, 1.165) is 0 Å². The van der Waals surface area contributed by atoms with Crippen molar-refractivity contribution in [1.29, 1.82) is 0 Å². The quantitative estimate of drug-likeness (QED) is 0.312. The Bertz CT molecular complexity index is 1400. The molecule has 1 aromatic carbocycles. The lowest BCUT2D eigenvalue weighted by atomic mass is 10.1. The van der Waals surface area contributed by atoms with Crippen molar-refractivity contribution < 1.29 is 19.1 Å². The maximum Gasteiger partial charge on any atom is 0.339 e. The number of nitrogens with zero attached hydrogens (tertiary/aromatic N) is 6. The van der Waals surface area contributed by atoms with Crippen molar-refractivity contribution in [2.24, 2.45) is 7.05 Å². The molecule has 0 aliphatic carbocycles. The third-order valence-electron chi connectivity index (χ3n) is 5.01. The fraction of sp³-hybridized carbons (Fsp3) is 0.174. The maximum atomic E-state index is 12.5. The lowest BCUT2D eigenvalue weighted by Crippen LogP contribution is -2.21. The molecular weight excluding hydrogens is 466 g/mol. The predicted molar refractivity (Wildman–Crippen MR) is 131 cm³/mol. The van der Waals surface area contributed by atoms with Crippen molar-refractivity contribution in [2.45, 2.75) is 0 Å². The Balaban J connectivity index is 1.68. The smallest absolute Gasteiger partial charge is 0.339 e. The van der Waals surface area contributed by atoms with Gasteiger partial charge in [-0.2, -0.15) is 5.10 Å². The largest absolute Gasteiger partial charge is 0.494 e. The number of hydrogen-bond donors (Lipinski definition) is 3. The summed E-state index contributed by atoms with van der Waals surface area (Å²) in [7, 11) is 6.11. The SMILES string of the molecule is CNC(=O)c1nnc(Nc2ccc(C(=O)OC)cn2)cc1Nc1cccc(-c2ncn(C)n2)c1OC. The monoisotopic (exact) mass is 489 g/mol. The van der Waals surface area contributed by atoms with E-state index in [1.165, 1.54) is 27.5 Å². The first kappa shape index (κ1) is 24.1. The first-order chi connectivity index (χ1) is 17.4. The Morgan fingerprint density at radius 1 is 0.972 bits per heavy atom. The number of aryl methyl sites for hydroxylation is 1. The van der Waals surface area contributed by atoms with Crippen molar-refractivity contribution >= 4 is 34.9 Å². The number of amides is 1. The molecule has 4 aromatic rings. The minimum Gasteiger partial charge on any atom is -0.494 e. The van der Waals surface area contributed by atoms with E-state index >= 15 is 0 Å². The van der Waals surface area contributed by atoms with E-state index in [1.54, 1.807) is 42.3 Å². The number of methoxy groups -OCH3 is 2. The Morgan fingerprint density at radius 3 is 2.44 bits per heavy atom. The number of hydrogen-bond acceptors (Lipinski definition) is 11. The first-order valence-corrected chi connectivity index (χ1v) is 10.6. The molecule has 36 heavy (non-hydrogen) atoms. The second-order valence-corrected chi connectivity index (χ2v) is 7.37. The van der Waals surface area contributed by atoms with Gasteiger partial charge in [0, 0.05) is 26.4 Å². The van der Waals surface area contributed by atoms with Gasteiger partial charge in [-0.1, -0.05) is 6.07 Å². The van der Waals surface area contributed by atoms with E-state index in [2.05, 4.69) is 46.0 Å². The number of benzene rings is 1. The van der Waals surface area contributed by atoms with Crippen LogP contribution >= 0.6 is 0 Å². The van der Waals surface area contributed by atoms with Crippen LogP contribution < -0.4 is 20.7 Å². The summed E-state index contributed by atoms with van der Waals surface area (Å²) < 4.78 is 11.9. The maximum absolute atomic E-state index is 12.5. The molecule has 13 nitrogen and oxygen atoms in total. The molecule has 3 aromatic heterocycles. The molecule has 0 radical (unpaired) electrons. The van der Waals surface area contributed by atoms with Crippen LogP contribution in [0.3, 0.4) is 0 Å². The fourth-order valence-corrected chi connectivity index (χ4v) is 3.31. The second kappa shape index (κ2) is 10.5. The van der Waals surface area contributed by atoms with Gasteiger partial charge >= 0.3 is 5.97 Å². The zero-order valence-electron chi connectivity index (χ0n) is 19.9. The van der Waals surface area contributed by atoms with Crippen LogP contribution in [-0.4, -0.2) is 63.1 Å². The summed E-state index contributed by atoms with van der Waals surface area (Å²) in [5.74, 6) is 0.770. The van der Waals surface area contributed by atoms with Crippen molar-refractivity contribution in [3.05, 3.63) is 60.2 Å². The molecule has 13 heteroatoms. The zero-order valence-corrected chi connectivity index (χ0v) is 19.9. The molecule has 0 unspecified atom stereocenters. The lowest BCUT2D eigenvalue weighted by Gasteiger charge is -2.16. The molecule has 3 heterocycles. The molecule has 0 atom stereocenters. The molecule has 3 N–H and O–H groups in total. The van der Waals surface area contributed by atoms with Crippen molar-refractivity contribution in [3.8, 4) is 17.1 Å². The van der Waals surface area contributed by atoms with E-state index in [0.29, 0.717) is 45.7 Å². The van der Waals surface area contributed by atoms with Crippen molar-refractivity contribution in [3.63, 3.8) is 0 Å². The Hall–Kier alpha value is -5.07. The minimum atomic E-state index is -0.493. The summed E-state index contributed by atoms with van der Waals surface area (Å²) in [5.41, 5.74) is 1.97. The van der Waals surface area contributed by atoms with Gasteiger partial charge in [0.2, 0.25) is 0 Å². The van der Waals surface area contributed by atoms with Crippen LogP contribution in [-0.2, 0) is 11.8 Å². The number of aromatic nitrogens is 6. The van der Waals surface area contributed by atoms with Gasteiger partial charge in [-0.05, 0) is 24.3 Å². The van der Waals surface area contributed by atoms with Crippen LogP contribution in [0.5, 0.6) is 5.75 Å². The van der Waals surface area contributed by atoms with Gasteiger partial charge in [0.1, 0.15) is 12.1 Å². The number of ether oxygens (including phenoxy) is 2. The Kier molecular flexibility index (Phi) is 6.99. The van der Waals surface area contributed by atoms with Gasteiger partial charge in [0.25, 0.3) is 5.91 Å². The average molecular weight is 489 g/mol. The number of nitrogens with one attached hydrogen (secondary N) is 3. The lowest BCUT2D eigenvalue weighted by molar-refractivity contribution is 0.0600. The molecule has 0 saturated carbocycles. The highest BCUT2D eigenvalue weighted by atomic mass is 16.5. The summed E-state index contributed by atoms with van der Waals surface area (Å²) in [6.07, 6.45) is 2.97. The summed E-state index contributed by atoms with van der Waals surface area (Å²) in [5, 5.41) is 21.3. The van der Waals surface area contributed by atoms with E-state index in [9.17, 15) is 9.59 Å². The van der Waals surface area contributed by atoms with Crippen LogP contribution in [0.2, 0.25) is 0 Å². The molecular formula is C23H23N9O4. The number of carbonyl (C=O) groups is 2. The third kappa shape index (κ3) is 5.04. The number of carbonyl (C=O) groups excluding carboxylic acids is 2. The standard InChI is InChI=1S/C23H23N9O4/c1-24-22(33)19-16(10-18(29-30-19)28-17-9-8-13(11-25-17)23(34)36-4)27-15-7-5-6-14(20(15)35-3)21-26-12-32(2)31-21/h5-12H,1-4H3,(H,24,33)(H2,25,27,28,29). The predicted octanol–water partition coefficient (Wildman–Crippen LogP) is 2.31. The molecule has 184 valence electrons. The van der Waals surface area contributed by atoms with Gasteiger partial charge in [0.15, 0.2) is 23.1 Å². The fourth-order valence-electron chi connectivity index (χ4n) is 3.31. The summed E-state index contributed by atoms with van der Waals surface area (Å²) in [4.78, 5) is 32.6. The second-order valence-electron chi connectivity index (χ2n) is 7.37. The van der Waals surface area contributed by atoms with Gasteiger partial charge in [-0.15, -0.1) is 10.2 Å². The van der Waals surface area contributed by atoms with Crippen LogP contribution in [0.15, 0.2) is 48.9 Å². The number of esters is 1. The summed E-state index contributed by atoms with van der Waals surface area (Å²) in [6, 6.07) is 10.2. The topological polar surface area (TPSA) is 158 Å². The van der Waals surface area contributed by atoms with Crippen LogP contribution in [0.1, 0.15) is 20.8 Å². The van der Waals surface area contributed by atoms with Gasteiger partial charge < -0.3 is 25.4 Å². The number of pyridine rings is 1. The highest BCUT2D eigenvalue weighted by Crippen LogP contribution is 2.37. The van der Waals surface area contributed by atoms with Crippen molar-refractivity contribution in [1.82, 2.24) is 35.3 Å². The Morgan fingerprint density at radius 2 is 1.81 bits per heavy atom. The molecule has 0 aliphatic heterocycles. The van der Waals surface area contributed by atoms with Gasteiger partial charge in [-0.3, -0.25) is 9.48 Å². The zero-order chi connectivity index (χ0) is 25.7. The van der Waals surface area contributed by atoms with E-state index in [-0.39, 0.29) is 5.69 Å². The van der Waals surface area contributed by atoms with Crippen LogP contribution in [0, 0.1) is 0 Å². The summed E-state index contributed by atoms with van der Waals surface area (Å²) >= 11 is 0. The first-order valence-electron chi connectivity index (χ1n) is 10.6. The molecule has 0 saturated heterocycles. The van der Waals surface area contributed by atoms with E-state index in [4.69, 9.17) is 4.74 Å². The van der Waals surface area contributed by atoms with Gasteiger partial charge in [-0.25, -0.2) is 14.8 Å². The van der Waals surface area contributed by atoms with Crippen molar-refractivity contribution in [2.75, 3.05) is 31.9 Å². The highest BCUT2D eigenvalue weighted by Gasteiger charge is 2.19. The Labute approximate surface area is 205 Å². The average Bonchev–Trinajstić information content (AvgIpc) is 3.34. The number of rotatable bonds is 8. The molecule has 0 bridgehead atoms. The molecule has 4 rings (SSSR count).